The minimum Gasteiger partial charge on any atom is -0.494 e. The number of hydrogen-bond acceptors (Lipinski definition) is 3. The molecule has 0 saturated heterocycles. The molecule has 0 saturated carbocycles. The van der Waals surface area contributed by atoms with E-state index in [1.165, 1.54) is 4.90 Å². The molecule has 3 heteroatoms. The van der Waals surface area contributed by atoms with Crippen molar-refractivity contribution < 1.29 is 9.53 Å². The van der Waals surface area contributed by atoms with Gasteiger partial charge in [0.1, 0.15) is 5.75 Å². The molecule has 2 aromatic carbocycles. The van der Waals surface area contributed by atoms with Crippen LogP contribution in [0.2, 0.25) is 0 Å². The zero-order valence-electron chi connectivity index (χ0n) is 15.0. The van der Waals surface area contributed by atoms with Gasteiger partial charge < -0.3 is 4.74 Å². The first-order valence-electron chi connectivity index (χ1n) is 8.91. The summed E-state index contributed by atoms with van der Waals surface area (Å²) in [6.07, 6.45) is 6.78. The molecule has 0 aromatic heterocycles. The van der Waals surface area contributed by atoms with E-state index in [1.54, 1.807) is 6.08 Å². The van der Waals surface area contributed by atoms with Crippen LogP contribution >= 0.6 is 11.8 Å². The second-order valence-electron chi connectivity index (χ2n) is 5.84. The third kappa shape index (κ3) is 6.79. The summed E-state index contributed by atoms with van der Waals surface area (Å²) in [7, 11) is 0. The average Bonchev–Trinajstić information content (AvgIpc) is 2.65. The van der Waals surface area contributed by atoms with E-state index in [-0.39, 0.29) is 5.78 Å². The maximum absolute atomic E-state index is 12.3. The molecule has 0 spiro atoms. The molecule has 132 valence electrons. The van der Waals surface area contributed by atoms with Gasteiger partial charge in [0.15, 0.2) is 5.78 Å². The molecule has 0 amide bonds. The molecule has 0 aliphatic heterocycles. The summed E-state index contributed by atoms with van der Waals surface area (Å²) >= 11 is 1.82. The summed E-state index contributed by atoms with van der Waals surface area (Å²) in [5, 5.41) is 0. The van der Waals surface area contributed by atoms with Gasteiger partial charge in [0, 0.05) is 10.5 Å². The number of carbonyl (C=O) groups is 1. The minimum absolute atomic E-state index is 0.0179. The van der Waals surface area contributed by atoms with Crippen molar-refractivity contribution in [2.24, 2.45) is 0 Å². The zero-order chi connectivity index (χ0) is 17.9. The molecule has 0 bridgehead atoms. The van der Waals surface area contributed by atoms with E-state index in [1.807, 2.05) is 66.4 Å². The van der Waals surface area contributed by atoms with Gasteiger partial charge in [-0.25, -0.2) is 0 Å². The van der Waals surface area contributed by atoms with Crippen LogP contribution in [-0.4, -0.2) is 18.1 Å². The van der Waals surface area contributed by atoms with Crippen molar-refractivity contribution in [3.8, 4) is 5.75 Å². The van der Waals surface area contributed by atoms with E-state index in [4.69, 9.17) is 4.74 Å². The van der Waals surface area contributed by atoms with Crippen LogP contribution in [0.5, 0.6) is 5.75 Å². The van der Waals surface area contributed by atoms with Crippen LogP contribution in [0.4, 0.5) is 0 Å². The maximum atomic E-state index is 12.3. The molecule has 0 aliphatic carbocycles. The summed E-state index contributed by atoms with van der Waals surface area (Å²) in [5.41, 5.74) is 1.69. The standard InChI is InChI=1S/C22H26O2S/c1-3-5-15-24-20-8-6-7-18(17-20)9-14-22(23)19-10-12-21(13-11-19)25-16-4-2/h6-14,17H,3-5,15-16H2,1-2H3/b14-9+. The van der Waals surface area contributed by atoms with Gasteiger partial charge in [-0.3, -0.25) is 4.79 Å². The number of hydrogen-bond donors (Lipinski definition) is 0. The summed E-state index contributed by atoms with van der Waals surface area (Å²) in [6.45, 7) is 5.04. The first kappa shape index (κ1) is 19.3. The Morgan fingerprint density at radius 3 is 2.60 bits per heavy atom. The Balaban J connectivity index is 1.96. The summed E-state index contributed by atoms with van der Waals surface area (Å²) in [4.78, 5) is 13.5. The van der Waals surface area contributed by atoms with Crippen molar-refractivity contribution in [3.05, 3.63) is 65.7 Å². The van der Waals surface area contributed by atoms with E-state index in [0.29, 0.717) is 5.56 Å². The molecule has 0 unspecified atom stereocenters. The second-order valence-corrected chi connectivity index (χ2v) is 7.01. The third-order valence-electron chi connectivity index (χ3n) is 3.66. The number of benzene rings is 2. The lowest BCUT2D eigenvalue weighted by molar-refractivity contribution is 0.104. The molecule has 2 rings (SSSR count). The van der Waals surface area contributed by atoms with E-state index >= 15 is 0 Å². The lowest BCUT2D eigenvalue weighted by Gasteiger charge is -2.05. The first-order valence-corrected chi connectivity index (χ1v) is 9.89. The van der Waals surface area contributed by atoms with Crippen molar-refractivity contribution in [2.45, 2.75) is 38.0 Å². The second kappa shape index (κ2) is 10.8. The first-order chi connectivity index (χ1) is 12.2. The Hall–Kier alpha value is -2.00. The van der Waals surface area contributed by atoms with Gasteiger partial charge in [0.25, 0.3) is 0 Å². The summed E-state index contributed by atoms with van der Waals surface area (Å²) in [5.74, 6) is 1.97. The zero-order valence-corrected chi connectivity index (χ0v) is 15.9. The molecule has 0 atom stereocenters. The van der Waals surface area contributed by atoms with E-state index < -0.39 is 0 Å². The van der Waals surface area contributed by atoms with Gasteiger partial charge >= 0.3 is 0 Å². The Morgan fingerprint density at radius 1 is 1.08 bits per heavy atom. The van der Waals surface area contributed by atoms with E-state index in [0.717, 1.165) is 42.9 Å². The highest BCUT2D eigenvalue weighted by Gasteiger charge is 2.02. The van der Waals surface area contributed by atoms with Crippen molar-refractivity contribution in [1.29, 1.82) is 0 Å². The fourth-order valence-electron chi connectivity index (χ4n) is 2.25. The van der Waals surface area contributed by atoms with Crippen LogP contribution in [0, 0.1) is 0 Å². The van der Waals surface area contributed by atoms with Gasteiger partial charge in [-0.2, -0.15) is 0 Å². The molecular formula is C22H26O2S. The van der Waals surface area contributed by atoms with Gasteiger partial charge in [-0.05, 0) is 66.6 Å². The predicted molar refractivity (Wildman–Crippen MR) is 108 cm³/mol. The fourth-order valence-corrected chi connectivity index (χ4v) is 3.01. The SMILES string of the molecule is CCCCOc1cccc(/C=C/C(=O)c2ccc(SCCC)cc2)c1. The quantitative estimate of drug-likeness (QED) is 0.218. The molecular weight excluding hydrogens is 328 g/mol. The number of ether oxygens (including phenoxy) is 1. The number of unbranched alkanes of at least 4 members (excludes halogenated alkanes) is 1. The average molecular weight is 355 g/mol. The van der Waals surface area contributed by atoms with Crippen LogP contribution < -0.4 is 4.74 Å². The highest BCUT2D eigenvalue weighted by atomic mass is 32.2. The van der Waals surface area contributed by atoms with Gasteiger partial charge in [0.05, 0.1) is 6.61 Å². The highest BCUT2D eigenvalue weighted by molar-refractivity contribution is 7.99. The minimum atomic E-state index is 0.0179. The molecule has 2 aromatic rings. The predicted octanol–water partition coefficient (Wildman–Crippen LogP) is 6.26. The molecule has 0 aliphatic rings. The topological polar surface area (TPSA) is 26.3 Å². The number of carbonyl (C=O) groups excluding carboxylic acids is 1. The largest absolute Gasteiger partial charge is 0.494 e. The van der Waals surface area contributed by atoms with E-state index in [9.17, 15) is 4.79 Å². The van der Waals surface area contributed by atoms with Crippen LogP contribution in [-0.2, 0) is 0 Å². The summed E-state index contributed by atoms with van der Waals surface area (Å²) < 4.78 is 5.70. The van der Waals surface area contributed by atoms with Crippen molar-refractivity contribution in [2.75, 3.05) is 12.4 Å². The fraction of sp³-hybridized carbons (Fsp3) is 0.318. The van der Waals surface area contributed by atoms with Crippen LogP contribution in [0.15, 0.2) is 59.5 Å². The Labute approximate surface area is 155 Å². The molecule has 0 N–H and O–H groups in total. The van der Waals surface area contributed by atoms with Crippen molar-refractivity contribution >= 4 is 23.6 Å². The normalized spacial score (nSPS) is 11.0. The smallest absolute Gasteiger partial charge is 0.185 e. The monoisotopic (exact) mass is 354 g/mol. The van der Waals surface area contributed by atoms with Crippen LogP contribution in [0.1, 0.15) is 49.0 Å². The Bertz CT molecular complexity index is 689. The highest BCUT2D eigenvalue weighted by Crippen LogP contribution is 2.20. The van der Waals surface area contributed by atoms with Crippen molar-refractivity contribution in [1.82, 2.24) is 0 Å². The number of thioether (sulfide) groups is 1. The van der Waals surface area contributed by atoms with Crippen LogP contribution in [0.25, 0.3) is 6.08 Å². The lowest BCUT2D eigenvalue weighted by atomic mass is 10.1. The maximum Gasteiger partial charge on any atom is 0.185 e. The lowest BCUT2D eigenvalue weighted by Crippen LogP contribution is -1.96. The Morgan fingerprint density at radius 2 is 1.88 bits per heavy atom. The van der Waals surface area contributed by atoms with Crippen molar-refractivity contribution in [3.63, 3.8) is 0 Å². The molecule has 0 radical (unpaired) electrons. The van der Waals surface area contributed by atoms with Gasteiger partial charge in [-0.1, -0.05) is 38.5 Å². The Kier molecular flexibility index (Phi) is 8.33. The molecule has 0 heterocycles. The number of ketones is 1. The van der Waals surface area contributed by atoms with Gasteiger partial charge in [-0.15, -0.1) is 11.8 Å². The molecule has 2 nitrogen and oxygen atoms in total. The molecule has 25 heavy (non-hydrogen) atoms. The van der Waals surface area contributed by atoms with E-state index in [2.05, 4.69) is 13.8 Å². The van der Waals surface area contributed by atoms with Crippen LogP contribution in [0.3, 0.4) is 0 Å². The number of rotatable bonds is 10. The summed E-state index contributed by atoms with van der Waals surface area (Å²) in [6, 6.07) is 15.7. The van der Waals surface area contributed by atoms with Gasteiger partial charge in [0.2, 0.25) is 0 Å². The third-order valence-corrected chi connectivity index (χ3v) is 4.88. The number of allylic oxidation sites excluding steroid dienone is 1. The molecule has 0 fully saturated rings.